The molecule has 3 heterocycles. The molecule has 7 nitrogen and oxygen atoms in total. The summed E-state index contributed by atoms with van der Waals surface area (Å²) < 4.78 is 2.19. The van der Waals surface area contributed by atoms with Crippen LogP contribution in [0.25, 0.3) is 0 Å². The molecular weight excluding hydrogens is 455 g/mol. The second-order valence-electron chi connectivity index (χ2n) is 6.78. The number of nitrogens with zero attached hydrogens (tertiary/aromatic N) is 5. The Balaban J connectivity index is 0.00000261. The number of guanidine groups is 1. The molecule has 8 heteroatoms. The van der Waals surface area contributed by atoms with E-state index in [1.165, 1.54) is 0 Å². The van der Waals surface area contributed by atoms with Gasteiger partial charge < -0.3 is 19.9 Å². The Morgan fingerprint density at radius 3 is 2.78 bits per heavy atom. The van der Waals surface area contributed by atoms with Crippen LogP contribution in [0.2, 0.25) is 0 Å². The van der Waals surface area contributed by atoms with E-state index in [9.17, 15) is 5.11 Å². The summed E-state index contributed by atoms with van der Waals surface area (Å²) in [5, 5.41) is 13.8. The topological polar surface area (TPSA) is 78.6 Å². The number of halogens is 1. The van der Waals surface area contributed by atoms with Gasteiger partial charge in [0.1, 0.15) is 0 Å². The second kappa shape index (κ2) is 10.6. The molecule has 1 saturated heterocycles. The molecule has 2 N–H and O–H groups in total. The van der Waals surface area contributed by atoms with Crippen LogP contribution < -0.4 is 5.32 Å². The predicted octanol–water partition coefficient (Wildman–Crippen LogP) is 2.48. The lowest BCUT2D eigenvalue weighted by Crippen LogP contribution is -2.49. The van der Waals surface area contributed by atoms with Gasteiger partial charge in [0.2, 0.25) is 0 Å². The van der Waals surface area contributed by atoms with Crippen molar-refractivity contribution in [2.45, 2.75) is 32.4 Å². The summed E-state index contributed by atoms with van der Waals surface area (Å²) in [6.45, 7) is 7.33. The Kier molecular flexibility index (Phi) is 8.49. The molecule has 0 aromatic carbocycles. The van der Waals surface area contributed by atoms with Gasteiger partial charge in [0.25, 0.3) is 0 Å². The summed E-state index contributed by atoms with van der Waals surface area (Å²) in [6.07, 6.45) is 9.60. The number of hydrogen-bond acceptors (Lipinski definition) is 4. The normalized spacial score (nSPS) is 21.4. The van der Waals surface area contributed by atoms with E-state index >= 15 is 0 Å². The quantitative estimate of drug-likeness (QED) is 0.388. The summed E-state index contributed by atoms with van der Waals surface area (Å²) in [5.41, 5.74) is 0.836. The van der Waals surface area contributed by atoms with Crippen LogP contribution in [-0.2, 0) is 0 Å². The summed E-state index contributed by atoms with van der Waals surface area (Å²) in [4.78, 5) is 15.2. The molecule has 148 valence electrons. The fraction of sp³-hybridized carbons (Fsp3) is 0.526. The zero-order chi connectivity index (χ0) is 18.4. The van der Waals surface area contributed by atoms with Crippen molar-refractivity contribution in [3.63, 3.8) is 0 Å². The van der Waals surface area contributed by atoms with E-state index in [1.54, 1.807) is 12.4 Å². The second-order valence-corrected chi connectivity index (χ2v) is 6.78. The number of imidazole rings is 1. The Morgan fingerprint density at radius 1 is 1.33 bits per heavy atom. The molecular formula is C19H29IN6O. The van der Waals surface area contributed by atoms with Crippen molar-refractivity contribution < 1.29 is 5.11 Å². The first-order valence-electron chi connectivity index (χ1n) is 9.27. The van der Waals surface area contributed by atoms with E-state index in [-0.39, 0.29) is 24.0 Å². The maximum atomic E-state index is 10.4. The van der Waals surface area contributed by atoms with Gasteiger partial charge in [-0.2, -0.15) is 0 Å². The number of aliphatic imine (C=N–C) groups is 1. The average molecular weight is 484 g/mol. The first-order chi connectivity index (χ1) is 12.7. The zero-order valence-corrected chi connectivity index (χ0v) is 18.2. The third kappa shape index (κ3) is 5.65. The SMILES string of the molecule is CCNC(=NCC(O)c1ccncc1)N1CCC(C)C(n2ccnc2)C1.I. The number of rotatable bonds is 5. The first kappa shape index (κ1) is 21.6. The number of likely N-dealkylation sites (tertiary alicyclic amines) is 1. The maximum absolute atomic E-state index is 10.4. The van der Waals surface area contributed by atoms with Crippen molar-refractivity contribution in [1.82, 2.24) is 24.8 Å². The van der Waals surface area contributed by atoms with E-state index in [0.717, 1.165) is 37.6 Å². The molecule has 1 fully saturated rings. The molecule has 1 aliphatic heterocycles. The highest BCUT2D eigenvalue weighted by Crippen LogP contribution is 2.27. The number of hydrogen-bond donors (Lipinski definition) is 2. The van der Waals surface area contributed by atoms with Crippen molar-refractivity contribution in [1.29, 1.82) is 0 Å². The largest absolute Gasteiger partial charge is 0.386 e. The van der Waals surface area contributed by atoms with Crippen LogP contribution in [-0.4, -0.2) is 56.7 Å². The third-order valence-electron chi connectivity index (χ3n) is 4.97. The number of pyridine rings is 1. The highest BCUT2D eigenvalue weighted by Gasteiger charge is 2.29. The minimum Gasteiger partial charge on any atom is -0.386 e. The Hall–Kier alpha value is -1.68. The maximum Gasteiger partial charge on any atom is 0.194 e. The molecule has 0 amide bonds. The van der Waals surface area contributed by atoms with Gasteiger partial charge in [-0.3, -0.25) is 9.98 Å². The van der Waals surface area contributed by atoms with E-state index in [2.05, 4.69) is 38.6 Å². The summed E-state index contributed by atoms with van der Waals surface area (Å²) in [7, 11) is 0. The number of aliphatic hydroxyl groups is 1. The fourth-order valence-corrected chi connectivity index (χ4v) is 3.38. The monoisotopic (exact) mass is 484 g/mol. The molecule has 0 bridgehead atoms. The lowest BCUT2D eigenvalue weighted by atomic mass is 9.93. The fourth-order valence-electron chi connectivity index (χ4n) is 3.38. The minimum atomic E-state index is -0.625. The molecule has 0 saturated carbocycles. The molecule has 0 spiro atoms. The van der Waals surface area contributed by atoms with E-state index in [4.69, 9.17) is 4.99 Å². The van der Waals surface area contributed by atoms with Crippen LogP contribution in [0.5, 0.6) is 0 Å². The first-order valence-corrected chi connectivity index (χ1v) is 9.27. The molecule has 2 aromatic heterocycles. The molecule has 2 aromatic rings. The van der Waals surface area contributed by atoms with Gasteiger partial charge in [0, 0.05) is 44.4 Å². The van der Waals surface area contributed by atoms with Gasteiger partial charge >= 0.3 is 0 Å². The third-order valence-corrected chi connectivity index (χ3v) is 4.97. The summed E-state index contributed by atoms with van der Waals surface area (Å²) >= 11 is 0. The highest BCUT2D eigenvalue weighted by molar-refractivity contribution is 14.0. The van der Waals surface area contributed by atoms with Crippen LogP contribution in [0.4, 0.5) is 0 Å². The van der Waals surface area contributed by atoms with E-state index < -0.39 is 6.10 Å². The number of nitrogens with one attached hydrogen (secondary N) is 1. The van der Waals surface area contributed by atoms with Gasteiger partial charge in [-0.05, 0) is 37.0 Å². The Morgan fingerprint density at radius 2 is 2.11 bits per heavy atom. The van der Waals surface area contributed by atoms with E-state index in [1.807, 2.05) is 30.9 Å². The van der Waals surface area contributed by atoms with Crippen LogP contribution in [0.15, 0.2) is 48.2 Å². The predicted molar refractivity (Wildman–Crippen MR) is 117 cm³/mol. The summed E-state index contributed by atoms with van der Waals surface area (Å²) in [6, 6.07) is 4.02. The Bertz CT molecular complexity index is 693. The number of piperidine rings is 1. The van der Waals surface area contributed by atoms with Crippen molar-refractivity contribution in [2.75, 3.05) is 26.2 Å². The molecule has 27 heavy (non-hydrogen) atoms. The van der Waals surface area contributed by atoms with Gasteiger partial charge in [-0.25, -0.2) is 4.98 Å². The lowest BCUT2D eigenvalue weighted by Gasteiger charge is -2.39. The van der Waals surface area contributed by atoms with Gasteiger partial charge in [-0.15, -0.1) is 24.0 Å². The molecule has 0 radical (unpaired) electrons. The van der Waals surface area contributed by atoms with Crippen molar-refractivity contribution >= 4 is 29.9 Å². The number of aliphatic hydroxyl groups excluding tert-OH is 1. The molecule has 0 aliphatic carbocycles. The van der Waals surface area contributed by atoms with Crippen LogP contribution in [0.3, 0.4) is 0 Å². The van der Waals surface area contributed by atoms with Crippen molar-refractivity contribution in [3.8, 4) is 0 Å². The Labute approximate surface area is 177 Å². The smallest absolute Gasteiger partial charge is 0.194 e. The molecule has 3 atom stereocenters. The minimum absolute atomic E-state index is 0. The van der Waals surface area contributed by atoms with Crippen LogP contribution in [0.1, 0.15) is 38.0 Å². The molecule has 3 unspecified atom stereocenters. The number of aromatic nitrogens is 3. The van der Waals surface area contributed by atoms with Gasteiger partial charge in [0.15, 0.2) is 5.96 Å². The highest BCUT2D eigenvalue weighted by atomic mass is 127. The lowest BCUT2D eigenvalue weighted by molar-refractivity contribution is 0.179. The zero-order valence-electron chi connectivity index (χ0n) is 15.9. The van der Waals surface area contributed by atoms with Crippen LogP contribution >= 0.6 is 24.0 Å². The molecule has 1 aliphatic rings. The van der Waals surface area contributed by atoms with E-state index in [0.29, 0.717) is 18.5 Å². The van der Waals surface area contributed by atoms with Gasteiger partial charge in [0.05, 0.1) is 25.0 Å². The standard InChI is InChI=1S/C19H28N6O.HI/c1-3-22-19(23-12-18(26)16-4-7-20-8-5-16)24-10-6-15(2)17(13-24)25-11-9-21-14-25;/h4-5,7-9,11,14-15,17-18,26H,3,6,10,12-13H2,1-2H3,(H,22,23);1H. The molecule has 3 rings (SSSR count). The van der Waals surface area contributed by atoms with Crippen LogP contribution in [0, 0.1) is 5.92 Å². The average Bonchev–Trinajstić information content (AvgIpc) is 3.20. The van der Waals surface area contributed by atoms with Gasteiger partial charge in [-0.1, -0.05) is 6.92 Å². The van der Waals surface area contributed by atoms with Crippen molar-refractivity contribution in [3.05, 3.63) is 48.8 Å². The summed E-state index contributed by atoms with van der Waals surface area (Å²) in [5.74, 6) is 1.45. The van der Waals surface area contributed by atoms with Crippen molar-refractivity contribution in [2.24, 2.45) is 10.9 Å².